The average molecular weight is 357 g/mol. The third kappa shape index (κ3) is 3.99. The molecule has 0 saturated carbocycles. The molecular formula is C19H23N3O4. The minimum absolute atomic E-state index is 0.0720. The van der Waals surface area contributed by atoms with Crippen LogP contribution in [0, 0.1) is 6.92 Å². The molecule has 1 aromatic carbocycles. The zero-order valence-corrected chi connectivity index (χ0v) is 15.2. The molecule has 7 nitrogen and oxygen atoms in total. The molecule has 0 radical (unpaired) electrons. The predicted octanol–water partition coefficient (Wildman–Crippen LogP) is 2.04. The van der Waals surface area contributed by atoms with Crippen LogP contribution in [0.3, 0.4) is 0 Å². The summed E-state index contributed by atoms with van der Waals surface area (Å²) in [6.07, 6.45) is 0.947. The molecule has 0 aliphatic carbocycles. The SMILES string of the molecule is CN=C(NCc1cc(C(=O)OC)c(C)o1)NCC1Cc2ccccc2O1. The van der Waals surface area contributed by atoms with E-state index in [4.69, 9.17) is 13.9 Å². The molecule has 0 saturated heterocycles. The van der Waals surface area contributed by atoms with Gasteiger partial charge in [-0.05, 0) is 24.6 Å². The zero-order chi connectivity index (χ0) is 18.5. The van der Waals surface area contributed by atoms with Crippen molar-refractivity contribution in [3.05, 3.63) is 53.0 Å². The molecule has 0 spiro atoms. The molecule has 0 fully saturated rings. The van der Waals surface area contributed by atoms with Gasteiger partial charge in [-0.1, -0.05) is 18.2 Å². The Labute approximate surface area is 152 Å². The van der Waals surface area contributed by atoms with Crippen molar-refractivity contribution in [2.75, 3.05) is 20.7 Å². The third-order valence-electron chi connectivity index (χ3n) is 4.24. The van der Waals surface area contributed by atoms with Crippen LogP contribution < -0.4 is 15.4 Å². The van der Waals surface area contributed by atoms with E-state index in [1.54, 1.807) is 20.0 Å². The number of hydrogen-bond acceptors (Lipinski definition) is 5. The quantitative estimate of drug-likeness (QED) is 0.484. The summed E-state index contributed by atoms with van der Waals surface area (Å²) in [5.74, 6) is 2.35. The summed E-state index contributed by atoms with van der Waals surface area (Å²) in [5, 5.41) is 6.42. The van der Waals surface area contributed by atoms with Gasteiger partial charge >= 0.3 is 5.97 Å². The lowest BCUT2D eigenvalue weighted by molar-refractivity contribution is 0.0599. The Kier molecular flexibility index (Phi) is 5.46. The van der Waals surface area contributed by atoms with E-state index in [-0.39, 0.29) is 6.10 Å². The fraction of sp³-hybridized carbons (Fsp3) is 0.368. The van der Waals surface area contributed by atoms with Gasteiger partial charge in [-0.2, -0.15) is 0 Å². The largest absolute Gasteiger partial charge is 0.488 e. The maximum absolute atomic E-state index is 11.6. The van der Waals surface area contributed by atoms with E-state index in [0.717, 1.165) is 12.2 Å². The number of hydrogen-bond donors (Lipinski definition) is 2. The van der Waals surface area contributed by atoms with Crippen molar-refractivity contribution in [1.82, 2.24) is 10.6 Å². The van der Waals surface area contributed by atoms with E-state index in [1.165, 1.54) is 12.7 Å². The number of carbonyl (C=O) groups excluding carboxylic acids is 1. The van der Waals surface area contributed by atoms with Gasteiger partial charge in [0.1, 0.15) is 28.9 Å². The highest BCUT2D eigenvalue weighted by molar-refractivity contribution is 5.90. The first kappa shape index (κ1) is 17.8. The Morgan fingerprint density at radius 2 is 2.15 bits per heavy atom. The lowest BCUT2D eigenvalue weighted by Crippen LogP contribution is -2.41. The minimum atomic E-state index is -0.405. The molecule has 0 amide bonds. The highest BCUT2D eigenvalue weighted by atomic mass is 16.5. The number of rotatable bonds is 5. The Morgan fingerprint density at radius 1 is 1.35 bits per heavy atom. The first-order chi connectivity index (χ1) is 12.6. The van der Waals surface area contributed by atoms with E-state index in [0.29, 0.717) is 36.1 Å². The summed E-state index contributed by atoms with van der Waals surface area (Å²) in [7, 11) is 3.05. The molecule has 26 heavy (non-hydrogen) atoms. The fourth-order valence-corrected chi connectivity index (χ4v) is 2.91. The second-order valence-corrected chi connectivity index (χ2v) is 6.03. The number of nitrogens with one attached hydrogen (secondary N) is 2. The molecular weight excluding hydrogens is 334 g/mol. The van der Waals surface area contributed by atoms with Crippen molar-refractivity contribution in [3.63, 3.8) is 0 Å². The van der Waals surface area contributed by atoms with E-state index in [1.807, 2.05) is 18.2 Å². The van der Waals surface area contributed by atoms with Crippen molar-refractivity contribution in [3.8, 4) is 5.75 Å². The maximum atomic E-state index is 11.6. The van der Waals surface area contributed by atoms with Crippen molar-refractivity contribution in [2.24, 2.45) is 4.99 Å². The first-order valence-corrected chi connectivity index (χ1v) is 8.47. The van der Waals surface area contributed by atoms with Crippen LogP contribution in [-0.2, 0) is 17.7 Å². The number of para-hydroxylation sites is 1. The number of methoxy groups -OCH3 is 1. The Balaban J connectivity index is 1.49. The van der Waals surface area contributed by atoms with Gasteiger partial charge in [0.25, 0.3) is 0 Å². The van der Waals surface area contributed by atoms with Gasteiger partial charge in [0, 0.05) is 13.5 Å². The number of furan rings is 1. The fourth-order valence-electron chi connectivity index (χ4n) is 2.91. The van der Waals surface area contributed by atoms with Crippen molar-refractivity contribution in [2.45, 2.75) is 26.0 Å². The summed E-state index contributed by atoms with van der Waals surface area (Å²) in [4.78, 5) is 15.8. The monoisotopic (exact) mass is 357 g/mol. The zero-order valence-electron chi connectivity index (χ0n) is 15.2. The number of carbonyl (C=O) groups is 1. The number of guanidine groups is 1. The summed E-state index contributed by atoms with van der Waals surface area (Å²) < 4.78 is 16.2. The van der Waals surface area contributed by atoms with Crippen LogP contribution in [0.15, 0.2) is 39.7 Å². The smallest absolute Gasteiger partial charge is 0.341 e. The maximum Gasteiger partial charge on any atom is 0.341 e. The molecule has 1 unspecified atom stereocenters. The molecule has 1 atom stereocenters. The van der Waals surface area contributed by atoms with Gasteiger partial charge in [-0.25, -0.2) is 4.79 Å². The molecule has 7 heteroatoms. The van der Waals surface area contributed by atoms with Crippen LogP contribution >= 0.6 is 0 Å². The number of aryl methyl sites for hydroxylation is 1. The molecule has 1 aliphatic rings. The van der Waals surface area contributed by atoms with E-state index in [9.17, 15) is 4.79 Å². The molecule has 2 heterocycles. The second-order valence-electron chi connectivity index (χ2n) is 6.03. The van der Waals surface area contributed by atoms with Gasteiger partial charge in [-0.3, -0.25) is 4.99 Å². The number of ether oxygens (including phenoxy) is 2. The molecule has 3 rings (SSSR count). The number of benzene rings is 1. The van der Waals surface area contributed by atoms with Crippen molar-refractivity contribution in [1.29, 1.82) is 0 Å². The molecule has 2 N–H and O–H groups in total. The van der Waals surface area contributed by atoms with E-state index >= 15 is 0 Å². The van der Waals surface area contributed by atoms with E-state index in [2.05, 4.69) is 21.7 Å². The van der Waals surface area contributed by atoms with Crippen LogP contribution in [0.2, 0.25) is 0 Å². The van der Waals surface area contributed by atoms with Crippen LogP contribution in [0.25, 0.3) is 0 Å². The summed E-state index contributed by atoms with van der Waals surface area (Å²) in [6.45, 7) is 2.78. The molecule has 1 aliphatic heterocycles. The lowest BCUT2D eigenvalue weighted by atomic mass is 10.1. The number of aliphatic imine (C=N–C) groups is 1. The molecule has 2 aromatic rings. The molecule has 1 aromatic heterocycles. The Morgan fingerprint density at radius 3 is 2.88 bits per heavy atom. The topological polar surface area (TPSA) is 85.1 Å². The van der Waals surface area contributed by atoms with Gasteiger partial charge < -0.3 is 24.5 Å². The van der Waals surface area contributed by atoms with Crippen LogP contribution in [0.1, 0.15) is 27.4 Å². The standard InChI is InChI=1S/C19H23N3O4/c1-12-16(18(23)24-3)9-15(25-12)11-22-19(20-2)21-10-14-8-13-6-4-5-7-17(13)26-14/h4-7,9,14H,8,10-11H2,1-3H3,(H2,20,21,22). The van der Waals surface area contributed by atoms with Crippen molar-refractivity contribution >= 4 is 11.9 Å². The number of esters is 1. The normalized spacial score (nSPS) is 16.0. The Hall–Kier alpha value is -2.96. The number of fused-ring (bicyclic) bond motifs is 1. The van der Waals surface area contributed by atoms with Gasteiger partial charge in [0.05, 0.1) is 20.2 Å². The van der Waals surface area contributed by atoms with Gasteiger partial charge in [-0.15, -0.1) is 0 Å². The van der Waals surface area contributed by atoms with Crippen LogP contribution in [0.5, 0.6) is 5.75 Å². The molecule has 138 valence electrons. The van der Waals surface area contributed by atoms with Crippen molar-refractivity contribution < 1.29 is 18.7 Å². The highest BCUT2D eigenvalue weighted by Gasteiger charge is 2.22. The molecule has 0 bridgehead atoms. The predicted molar refractivity (Wildman–Crippen MR) is 97.5 cm³/mol. The highest BCUT2D eigenvalue weighted by Crippen LogP contribution is 2.27. The average Bonchev–Trinajstić information content (AvgIpc) is 3.24. The van der Waals surface area contributed by atoms with E-state index < -0.39 is 5.97 Å². The van der Waals surface area contributed by atoms with Gasteiger partial charge in [0.15, 0.2) is 5.96 Å². The van der Waals surface area contributed by atoms with Crippen LogP contribution in [0.4, 0.5) is 0 Å². The number of nitrogens with zero attached hydrogens (tertiary/aromatic N) is 1. The minimum Gasteiger partial charge on any atom is -0.488 e. The summed E-state index contributed by atoms with van der Waals surface area (Å²) in [5.41, 5.74) is 1.66. The lowest BCUT2D eigenvalue weighted by Gasteiger charge is -2.15. The Bertz CT molecular complexity index is 788. The van der Waals surface area contributed by atoms with Crippen LogP contribution in [-0.4, -0.2) is 38.7 Å². The first-order valence-electron chi connectivity index (χ1n) is 8.47. The third-order valence-corrected chi connectivity index (χ3v) is 4.24. The van der Waals surface area contributed by atoms with Gasteiger partial charge in [0.2, 0.25) is 0 Å². The second kappa shape index (κ2) is 7.95. The summed E-state index contributed by atoms with van der Waals surface area (Å²) >= 11 is 0. The summed E-state index contributed by atoms with van der Waals surface area (Å²) in [6, 6.07) is 9.74.